The Morgan fingerprint density at radius 3 is 1.65 bits per heavy atom. The zero-order valence-electron chi connectivity index (χ0n) is 38.7. The predicted octanol–water partition coefficient (Wildman–Crippen LogP) is 5.73. The monoisotopic (exact) mass is 983 g/mol. The maximum absolute atomic E-state index is 11.1. The average Bonchev–Trinajstić information content (AvgIpc) is 3.30. The molecule has 0 bridgehead atoms. The van der Waals surface area contributed by atoms with Crippen molar-refractivity contribution in [1.82, 2.24) is 25.1 Å². The van der Waals surface area contributed by atoms with Gasteiger partial charge in [0.15, 0.2) is 0 Å². The van der Waals surface area contributed by atoms with E-state index in [4.69, 9.17) is 71.8 Å². The Balaban J connectivity index is 1.14. The number of rotatable bonds is 27. The van der Waals surface area contributed by atoms with Crippen LogP contribution in [0.25, 0.3) is 11.1 Å². The second kappa shape index (κ2) is 26.8. The van der Waals surface area contributed by atoms with Gasteiger partial charge in [-0.05, 0) is 78.6 Å². The van der Waals surface area contributed by atoms with E-state index in [1.807, 2.05) is 38.1 Å². The number of carboxylic acid groups (broad SMARTS) is 2. The Morgan fingerprint density at radius 2 is 1.15 bits per heavy atom. The zero-order valence-corrected chi connectivity index (χ0v) is 40.2. The Kier molecular flexibility index (Phi) is 20.7. The number of carbonyl (C=O) groups is 2. The van der Waals surface area contributed by atoms with E-state index >= 15 is 0 Å². The number of carboxylic acids is 2. The van der Waals surface area contributed by atoms with E-state index in [2.05, 4.69) is 27.2 Å². The molecule has 2 aliphatic rings. The summed E-state index contributed by atoms with van der Waals surface area (Å²) < 4.78 is 35.9. The molecule has 0 radical (unpaired) electrons. The van der Waals surface area contributed by atoms with Crippen LogP contribution in [0.4, 0.5) is 0 Å². The lowest BCUT2D eigenvalue weighted by molar-refractivity contribution is -0.140. The molecule has 2 aromatic carbocycles. The van der Waals surface area contributed by atoms with E-state index < -0.39 is 24.1 Å². The van der Waals surface area contributed by atoms with Crippen molar-refractivity contribution >= 4 is 35.1 Å². The van der Waals surface area contributed by atoms with Crippen LogP contribution in [0.3, 0.4) is 0 Å². The van der Waals surface area contributed by atoms with Crippen molar-refractivity contribution in [2.24, 2.45) is 0 Å². The molecule has 370 valence electrons. The van der Waals surface area contributed by atoms with E-state index in [1.165, 1.54) is 0 Å². The molecule has 17 nitrogen and oxygen atoms in total. The largest absolute Gasteiger partial charge is 0.481 e. The van der Waals surface area contributed by atoms with Crippen LogP contribution in [0.2, 0.25) is 10.0 Å². The van der Waals surface area contributed by atoms with Crippen molar-refractivity contribution in [3.63, 3.8) is 0 Å². The molecule has 4 heterocycles. The van der Waals surface area contributed by atoms with E-state index in [0.29, 0.717) is 94.3 Å². The topological polar surface area (TPSA) is 215 Å². The highest BCUT2D eigenvalue weighted by molar-refractivity contribution is 6.32. The smallest absolute Gasteiger partial charge is 0.306 e. The number of ether oxygens (including phenoxy) is 6. The lowest BCUT2D eigenvalue weighted by Gasteiger charge is -2.26. The molecule has 2 atom stereocenters. The summed E-state index contributed by atoms with van der Waals surface area (Å²) in [4.78, 5) is 36.0. The van der Waals surface area contributed by atoms with Gasteiger partial charge in [-0.25, -0.2) is 0 Å². The Morgan fingerprint density at radius 1 is 0.676 bits per heavy atom. The second-order valence-corrected chi connectivity index (χ2v) is 17.7. The van der Waals surface area contributed by atoms with Gasteiger partial charge in [0, 0.05) is 63.5 Å². The minimum absolute atomic E-state index is 0.0564. The molecule has 6 rings (SSSR count). The van der Waals surface area contributed by atoms with Gasteiger partial charge < -0.3 is 54.2 Å². The normalized spacial score (nSPS) is 15.4. The predicted molar refractivity (Wildman–Crippen MR) is 255 cm³/mol. The van der Waals surface area contributed by atoms with Crippen LogP contribution in [0.5, 0.6) is 23.5 Å². The summed E-state index contributed by atoms with van der Waals surface area (Å²) >= 11 is 13.5. The Hall–Kier alpha value is -4.82. The number of nitrogens with zero attached hydrogens (tertiary/aromatic N) is 4. The molecule has 5 N–H and O–H groups in total. The van der Waals surface area contributed by atoms with Gasteiger partial charge in [0.05, 0.1) is 51.5 Å². The van der Waals surface area contributed by atoms with Gasteiger partial charge in [-0.2, -0.15) is 9.97 Å². The van der Waals surface area contributed by atoms with E-state index in [-0.39, 0.29) is 55.9 Å². The van der Waals surface area contributed by atoms with E-state index in [1.54, 1.807) is 12.1 Å². The number of aliphatic carboxylic acids is 2. The first-order valence-electron chi connectivity index (χ1n) is 23.0. The van der Waals surface area contributed by atoms with E-state index in [9.17, 15) is 19.8 Å². The van der Waals surface area contributed by atoms with Crippen LogP contribution in [0.1, 0.15) is 59.1 Å². The first-order chi connectivity index (χ1) is 32.8. The van der Waals surface area contributed by atoms with Crippen LogP contribution in [0, 0.1) is 13.8 Å². The highest BCUT2D eigenvalue weighted by Crippen LogP contribution is 2.35. The molecule has 2 fully saturated rings. The van der Waals surface area contributed by atoms with Gasteiger partial charge >= 0.3 is 11.9 Å². The number of pyridine rings is 2. The van der Waals surface area contributed by atoms with Crippen LogP contribution < -0.4 is 24.3 Å². The quantitative estimate of drug-likeness (QED) is 0.0482. The van der Waals surface area contributed by atoms with Crippen molar-refractivity contribution in [1.29, 1.82) is 0 Å². The third kappa shape index (κ3) is 16.1. The minimum Gasteiger partial charge on any atom is -0.481 e. The molecule has 0 amide bonds. The molecule has 0 aliphatic carbocycles. The maximum atomic E-state index is 11.1. The number of morpholine rings is 2. The first kappa shape index (κ1) is 52.5. The summed E-state index contributed by atoms with van der Waals surface area (Å²) in [7, 11) is 0. The van der Waals surface area contributed by atoms with Crippen molar-refractivity contribution < 1.29 is 58.4 Å². The lowest BCUT2D eigenvalue weighted by atomic mass is 9.92. The minimum atomic E-state index is -1.09. The molecule has 4 aromatic rings. The molecular weight excluding hydrogens is 921 g/mol. The molecule has 68 heavy (non-hydrogen) atoms. The van der Waals surface area contributed by atoms with Gasteiger partial charge in [-0.15, -0.1) is 0 Å². The summed E-state index contributed by atoms with van der Waals surface area (Å²) in [6.07, 6.45) is -1.42. The molecule has 2 saturated heterocycles. The number of aryl methyl sites for hydroxylation is 1. The number of aromatic nitrogens is 2. The van der Waals surface area contributed by atoms with Crippen LogP contribution in [0.15, 0.2) is 48.5 Å². The molecule has 2 aliphatic heterocycles. The standard InChI is InChI=1S/C49H63Cl2N5O12/c1-32-35(30-67-48-42(50)24-34(6-3-9-38(57)26-44(59)60)46(53-48)65-22-16-55-12-18-63-19-13-55)7-4-10-40(32)41-11-5-8-36(33(41)2)31-68-49-43(51)25-37(28-52-29-39(58)27-45(61)62)47(54-49)66-23-17-56-14-20-64-21-15-56/h4-5,7-8,10-11,24-25,38-39,52,57-58H,3,6,9,12-23,26-31H2,1-2H3,(H,59,60)(H,61,62)/t38-,39+/m1/s1. The summed E-state index contributed by atoms with van der Waals surface area (Å²) in [5.41, 5.74) is 7.25. The van der Waals surface area contributed by atoms with Gasteiger partial charge in [-0.3, -0.25) is 19.4 Å². The molecule has 0 unspecified atom stereocenters. The number of hydrogen-bond acceptors (Lipinski definition) is 15. The van der Waals surface area contributed by atoms with Crippen molar-refractivity contribution in [3.05, 3.63) is 92.0 Å². The fourth-order valence-corrected chi connectivity index (χ4v) is 8.43. The van der Waals surface area contributed by atoms with Gasteiger partial charge in [0.2, 0.25) is 23.5 Å². The summed E-state index contributed by atoms with van der Waals surface area (Å²) in [5.74, 6) is -1.01. The number of aliphatic hydroxyl groups excluding tert-OH is 2. The third-order valence-electron chi connectivity index (χ3n) is 11.9. The Bertz CT molecular complexity index is 2120. The SMILES string of the molecule is Cc1c(COc2nc(OCCN3CCOCC3)c(CCC[C@@H](O)CC(=O)O)cc2Cl)cccc1-c1cccc(COc2nc(OCCN3CCOCC3)c(CNC[C@@H](O)CC(=O)O)cc2Cl)c1C. The summed E-state index contributed by atoms with van der Waals surface area (Å²) in [6, 6.07) is 15.5. The molecule has 0 spiro atoms. The van der Waals surface area contributed by atoms with Gasteiger partial charge in [0.25, 0.3) is 0 Å². The van der Waals surface area contributed by atoms with Gasteiger partial charge in [0.1, 0.15) is 36.5 Å². The van der Waals surface area contributed by atoms with Gasteiger partial charge in [-0.1, -0.05) is 59.6 Å². The van der Waals surface area contributed by atoms with Crippen molar-refractivity contribution in [2.45, 2.75) is 77.9 Å². The number of nitrogens with one attached hydrogen (secondary N) is 1. The highest BCUT2D eigenvalue weighted by Gasteiger charge is 2.20. The van der Waals surface area contributed by atoms with Crippen molar-refractivity contribution in [3.8, 4) is 34.6 Å². The lowest BCUT2D eigenvalue weighted by Crippen LogP contribution is -2.38. The number of aliphatic hydroxyl groups is 2. The number of hydrogen-bond donors (Lipinski definition) is 5. The number of benzene rings is 2. The Labute approximate surface area is 407 Å². The first-order valence-corrected chi connectivity index (χ1v) is 23.8. The molecule has 2 aromatic heterocycles. The van der Waals surface area contributed by atoms with Crippen LogP contribution in [-0.4, -0.2) is 150 Å². The van der Waals surface area contributed by atoms with Crippen LogP contribution >= 0.6 is 23.2 Å². The van der Waals surface area contributed by atoms with Crippen molar-refractivity contribution in [2.75, 3.05) is 85.5 Å². The molecule has 0 saturated carbocycles. The maximum Gasteiger partial charge on any atom is 0.306 e. The van der Waals surface area contributed by atoms with E-state index in [0.717, 1.165) is 65.1 Å². The fourth-order valence-electron chi connectivity index (χ4n) is 7.97. The third-order valence-corrected chi connectivity index (χ3v) is 12.4. The summed E-state index contributed by atoms with van der Waals surface area (Å²) in [5, 5.41) is 42.0. The number of halogens is 2. The summed E-state index contributed by atoms with van der Waals surface area (Å²) in [6.45, 7) is 12.7. The average molecular weight is 985 g/mol. The highest BCUT2D eigenvalue weighted by atomic mass is 35.5. The zero-order chi connectivity index (χ0) is 48.4. The van der Waals surface area contributed by atoms with Crippen LogP contribution in [-0.2, 0) is 45.2 Å². The molecule has 19 heteroatoms. The second-order valence-electron chi connectivity index (χ2n) is 16.9. The molecular formula is C49H63Cl2N5O12. The fraction of sp³-hybridized carbons (Fsp3) is 0.510.